The third kappa shape index (κ3) is 2.52. The summed E-state index contributed by atoms with van der Waals surface area (Å²) >= 11 is 0. The van der Waals surface area contributed by atoms with E-state index < -0.39 is 7.32 Å². The van der Waals surface area contributed by atoms with Gasteiger partial charge in [-0.25, -0.2) is 0 Å². The highest BCUT2D eigenvalue weighted by molar-refractivity contribution is 6.33. The topological polar surface area (TPSA) is 49.7 Å². The van der Waals surface area contributed by atoms with Crippen LogP contribution in [0.1, 0.15) is 0 Å². The second kappa shape index (κ2) is 5.37. The van der Waals surface area contributed by atoms with Crippen LogP contribution in [0, 0.1) is 0 Å². The van der Waals surface area contributed by atoms with Crippen LogP contribution >= 0.6 is 0 Å². The first-order valence-corrected chi connectivity index (χ1v) is 6.35. The molecule has 0 aliphatic heterocycles. The molecule has 2 N–H and O–H groups in total. The van der Waals surface area contributed by atoms with E-state index in [0.29, 0.717) is 5.75 Å². The highest BCUT2D eigenvalue weighted by Crippen LogP contribution is 2.30. The summed E-state index contributed by atoms with van der Waals surface area (Å²) in [4.78, 5) is 0. The molecule has 0 unspecified atom stereocenters. The summed E-state index contributed by atoms with van der Waals surface area (Å²) in [5.74, 6) is 0.422. The van der Waals surface area contributed by atoms with Gasteiger partial charge in [-0.1, -0.05) is 54.6 Å². The normalized spacial score (nSPS) is 10.5. The fourth-order valence-electron chi connectivity index (χ4n) is 2.34. The molecule has 3 aromatic rings. The Bertz CT molecular complexity index is 735. The van der Waals surface area contributed by atoms with E-state index >= 15 is 0 Å². The zero-order valence-electron chi connectivity index (χ0n) is 10.7. The number of rotatable bonds is 3. The van der Waals surface area contributed by atoms with E-state index in [1.54, 1.807) is 12.1 Å². The lowest BCUT2D eigenvalue weighted by Gasteiger charge is -2.09. The van der Waals surface area contributed by atoms with Crippen molar-refractivity contribution in [2.75, 3.05) is 0 Å². The van der Waals surface area contributed by atoms with Crippen molar-refractivity contribution in [2.24, 2.45) is 0 Å². The predicted octanol–water partition coefficient (Wildman–Crippen LogP) is 2.86. The molecular weight excluding hydrogens is 251 g/mol. The lowest BCUT2D eigenvalue weighted by Crippen LogP contribution is -2.20. The van der Waals surface area contributed by atoms with Crippen LogP contribution in [0.25, 0.3) is 21.9 Å². The van der Waals surface area contributed by atoms with Gasteiger partial charge in [-0.15, -0.1) is 0 Å². The quantitative estimate of drug-likeness (QED) is 0.715. The van der Waals surface area contributed by atoms with Gasteiger partial charge in [-0.2, -0.15) is 0 Å². The van der Waals surface area contributed by atoms with Crippen molar-refractivity contribution in [3.05, 3.63) is 66.7 Å². The Morgan fingerprint density at radius 3 is 2.40 bits per heavy atom. The van der Waals surface area contributed by atoms with Gasteiger partial charge in [0.05, 0.1) is 0 Å². The molecule has 0 aromatic heterocycles. The summed E-state index contributed by atoms with van der Waals surface area (Å²) in [5, 5.41) is 20.1. The molecule has 4 heteroatoms. The molecule has 0 fully saturated rings. The van der Waals surface area contributed by atoms with Crippen LogP contribution in [0.5, 0.6) is 5.75 Å². The van der Waals surface area contributed by atoms with Gasteiger partial charge in [0.1, 0.15) is 5.75 Å². The minimum atomic E-state index is -1.81. The molecule has 0 aliphatic carbocycles. The first kappa shape index (κ1) is 12.7. The van der Waals surface area contributed by atoms with Gasteiger partial charge in [0.2, 0.25) is 0 Å². The van der Waals surface area contributed by atoms with Crippen LogP contribution in [0.15, 0.2) is 66.7 Å². The predicted molar refractivity (Wildman–Crippen MR) is 80.2 cm³/mol. The van der Waals surface area contributed by atoms with Crippen molar-refractivity contribution >= 4 is 18.1 Å². The molecule has 3 rings (SSSR count). The van der Waals surface area contributed by atoms with Crippen molar-refractivity contribution in [2.45, 2.75) is 0 Å². The largest absolute Gasteiger partial charge is 0.707 e. The van der Waals surface area contributed by atoms with Crippen molar-refractivity contribution in [3.8, 4) is 16.9 Å². The monoisotopic (exact) mass is 264 g/mol. The first-order valence-electron chi connectivity index (χ1n) is 6.35. The van der Waals surface area contributed by atoms with Crippen LogP contribution in [-0.4, -0.2) is 17.4 Å². The second-order valence-corrected chi connectivity index (χ2v) is 4.50. The van der Waals surface area contributed by atoms with Crippen LogP contribution in [0.3, 0.4) is 0 Å². The maximum Gasteiger partial charge on any atom is 0.707 e. The fraction of sp³-hybridized carbons (Fsp3) is 0. The summed E-state index contributed by atoms with van der Waals surface area (Å²) in [6.45, 7) is 0. The minimum Gasteiger partial charge on any atom is -0.512 e. The van der Waals surface area contributed by atoms with E-state index in [1.165, 1.54) is 5.39 Å². The van der Waals surface area contributed by atoms with Gasteiger partial charge in [-0.3, -0.25) is 0 Å². The van der Waals surface area contributed by atoms with Gasteiger partial charge < -0.3 is 14.7 Å². The molecule has 0 aliphatic rings. The molecule has 0 amide bonds. The maximum absolute atomic E-state index is 8.87. The molecular formula is C16H13BO3. The van der Waals surface area contributed by atoms with E-state index in [9.17, 15) is 0 Å². The molecule has 0 saturated carbocycles. The fourth-order valence-corrected chi connectivity index (χ4v) is 2.34. The van der Waals surface area contributed by atoms with Gasteiger partial charge in [0.15, 0.2) is 0 Å². The molecule has 20 heavy (non-hydrogen) atoms. The summed E-state index contributed by atoms with van der Waals surface area (Å²) in [6, 6.07) is 21.5. The molecule has 98 valence electrons. The van der Waals surface area contributed by atoms with Crippen molar-refractivity contribution in [3.63, 3.8) is 0 Å². The Labute approximate surface area is 117 Å². The van der Waals surface area contributed by atoms with Gasteiger partial charge in [0, 0.05) is 0 Å². The van der Waals surface area contributed by atoms with Crippen LogP contribution in [0.4, 0.5) is 0 Å². The number of hydrogen-bond acceptors (Lipinski definition) is 3. The molecule has 3 aromatic carbocycles. The summed E-state index contributed by atoms with van der Waals surface area (Å²) < 4.78 is 4.90. The average molecular weight is 264 g/mol. The Morgan fingerprint density at radius 2 is 1.55 bits per heavy atom. The van der Waals surface area contributed by atoms with E-state index in [1.807, 2.05) is 36.4 Å². The molecule has 0 saturated heterocycles. The zero-order valence-corrected chi connectivity index (χ0v) is 10.7. The van der Waals surface area contributed by atoms with Crippen LogP contribution in [-0.2, 0) is 0 Å². The molecule has 0 heterocycles. The first-order chi connectivity index (χ1) is 9.74. The Kier molecular flexibility index (Phi) is 3.42. The van der Waals surface area contributed by atoms with E-state index in [4.69, 9.17) is 14.7 Å². The lowest BCUT2D eigenvalue weighted by molar-refractivity contribution is 0.288. The van der Waals surface area contributed by atoms with Gasteiger partial charge >= 0.3 is 7.32 Å². The molecule has 0 radical (unpaired) electrons. The van der Waals surface area contributed by atoms with Gasteiger partial charge in [0.25, 0.3) is 0 Å². The second-order valence-electron chi connectivity index (χ2n) is 4.50. The minimum absolute atomic E-state index is 0.422. The number of fused-ring (bicyclic) bond motifs is 1. The molecule has 0 bridgehead atoms. The summed E-state index contributed by atoms with van der Waals surface area (Å²) in [5.41, 5.74) is 2.06. The van der Waals surface area contributed by atoms with Crippen LogP contribution in [0.2, 0.25) is 0 Å². The standard InChI is InChI=1S/C16H13BO3/c18-17(19)20-14-8-3-7-13(11-14)16-10-4-6-12-5-1-2-9-15(12)16/h1-11,18-19H. The van der Waals surface area contributed by atoms with E-state index in [0.717, 1.165) is 16.5 Å². The zero-order chi connectivity index (χ0) is 13.9. The van der Waals surface area contributed by atoms with E-state index in [-0.39, 0.29) is 0 Å². The third-order valence-electron chi connectivity index (χ3n) is 3.18. The van der Waals surface area contributed by atoms with Gasteiger partial charge in [-0.05, 0) is 34.0 Å². The Balaban J connectivity index is 2.11. The SMILES string of the molecule is OB(O)Oc1cccc(-c2cccc3ccccc23)c1. The van der Waals surface area contributed by atoms with Crippen molar-refractivity contribution in [1.29, 1.82) is 0 Å². The maximum atomic E-state index is 8.87. The lowest BCUT2D eigenvalue weighted by atomic mass is 9.98. The van der Waals surface area contributed by atoms with Crippen molar-refractivity contribution in [1.82, 2.24) is 0 Å². The third-order valence-corrected chi connectivity index (χ3v) is 3.18. The molecule has 3 nitrogen and oxygen atoms in total. The number of hydrogen-bond donors (Lipinski definition) is 2. The Hall–Kier alpha value is -2.30. The highest BCUT2D eigenvalue weighted by Gasteiger charge is 2.12. The summed E-state index contributed by atoms with van der Waals surface area (Å²) in [7, 11) is -1.81. The molecule has 0 spiro atoms. The highest BCUT2D eigenvalue weighted by atomic mass is 16.6. The van der Waals surface area contributed by atoms with Crippen molar-refractivity contribution < 1.29 is 14.7 Å². The van der Waals surface area contributed by atoms with Crippen LogP contribution < -0.4 is 4.65 Å². The number of benzene rings is 3. The van der Waals surface area contributed by atoms with E-state index in [2.05, 4.69) is 18.2 Å². The average Bonchev–Trinajstić information content (AvgIpc) is 2.46. The molecule has 0 atom stereocenters. The summed E-state index contributed by atoms with van der Waals surface area (Å²) in [6.07, 6.45) is 0. The Morgan fingerprint density at radius 1 is 0.800 bits per heavy atom. The smallest absolute Gasteiger partial charge is 0.512 e.